The lowest BCUT2D eigenvalue weighted by molar-refractivity contribution is 0.121. The fraction of sp³-hybridized carbons (Fsp3) is 0.846. The Labute approximate surface area is 110 Å². The van der Waals surface area contributed by atoms with E-state index in [1.54, 1.807) is 6.33 Å². The summed E-state index contributed by atoms with van der Waals surface area (Å²) in [6.45, 7) is 11.6. The van der Waals surface area contributed by atoms with Crippen LogP contribution in [0.15, 0.2) is 6.33 Å². The monoisotopic (exact) mass is 254 g/mol. The second kappa shape index (κ2) is 7.48. The highest BCUT2D eigenvalue weighted by atomic mass is 16.5. The Morgan fingerprint density at radius 2 is 2.11 bits per heavy atom. The third-order valence-electron chi connectivity index (χ3n) is 2.47. The summed E-state index contributed by atoms with van der Waals surface area (Å²) < 4.78 is 7.34. The van der Waals surface area contributed by atoms with E-state index in [-0.39, 0.29) is 5.54 Å². The van der Waals surface area contributed by atoms with Crippen molar-refractivity contribution in [2.75, 3.05) is 13.2 Å². The van der Waals surface area contributed by atoms with Gasteiger partial charge in [-0.25, -0.2) is 4.98 Å². The molecule has 0 amide bonds. The highest BCUT2D eigenvalue weighted by molar-refractivity contribution is 4.83. The lowest BCUT2D eigenvalue weighted by Crippen LogP contribution is -2.35. The minimum atomic E-state index is 0.0920. The van der Waals surface area contributed by atoms with E-state index in [9.17, 15) is 0 Å². The van der Waals surface area contributed by atoms with E-state index in [0.29, 0.717) is 13.2 Å². The number of ether oxygens (including phenoxy) is 1. The molecule has 1 rings (SSSR count). The quantitative estimate of drug-likeness (QED) is 0.721. The Bertz CT molecular complexity index is 330. The van der Waals surface area contributed by atoms with E-state index in [4.69, 9.17) is 4.74 Å². The van der Waals surface area contributed by atoms with Crippen molar-refractivity contribution in [3.05, 3.63) is 12.2 Å². The molecular formula is C13H26N4O. The topological polar surface area (TPSA) is 52.0 Å². The van der Waals surface area contributed by atoms with E-state index in [0.717, 1.165) is 25.4 Å². The number of hydrogen-bond acceptors (Lipinski definition) is 4. The number of aromatic nitrogens is 3. The van der Waals surface area contributed by atoms with Gasteiger partial charge in [-0.2, -0.15) is 5.10 Å². The van der Waals surface area contributed by atoms with Gasteiger partial charge in [-0.1, -0.05) is 13.3 Å². The number of hydrogen-bond donors (Lipinski definition) is 1. The van der Waals surface area contributed by atoms with Crippen molar-refractivity contribution in [2.45, 2.75) is 59.2 Å². The van der Waals surface area contributed by atoms with Crippen molar-refractivity contribution in [3.8, 4) is 0 Å². The maximum absolute atomic E-state index is 5.50. The average molecular weight is 254 g/mol. The molecule has 0 aliphatic carbocycles. The van der Waals surface area contributed by atoms with Crippen molar-refractivity contribution >= 4 is 0 Å². The molecule has 0 spiro atoms. The summed E-state index contributed by atoms with van der Waals surface area (Å²) in [6, 6.07) is 0. The number of nitrogens with one attached hydrogen (secondary N) is 1. The van der Waals surface area contributed by atoms with Crippen molar-refractivity contribution in [1.29, 1.82) is 0 Å². The summed E-state index contributed by atoms with van der Waals surface area (Å²) >= 11 is 0. The maximum Gasteiger partial charge on any atom is 0.164 e. The fourth-order valence-corrected chi connectivity index (χ4v) is 1.37. The molecule has 1 aromatic heterocycles. The van der Waals surface area contributed by atoms with Crippen LogP contribution in [-0.4, -0.2) is 33.5 Å². The third-order valence-corrected chi connectivity index (χ3v) is 2.47. The summed E-state index contributed by atoms with van der Waals surface area (Å²) in [5.41, 5.74) is 0.0920. The van der Waals surface area contributed by atoms with Crippen LogP contribution < -0.4 is 5.32 Å². The first-order valence-electron chi connectivity index (χ1n) is 6.72. The molecule has 0 saturated carbocycles. The standard InChI is InChI=1S/C13H26N4O/c1-5-6-8-18-9-7-17-11-14-12(16-17)10-15-13(2,3)4/h11,15H,5-10H2,1-4H3. The van der Waals surface area contributed by atoms with Gasteiger partial charge in [0.2, 0.25) is 0 Å². The molecule has 0 unspecified atom stereocenters. The molecule has 0 saturated heterocycles. The average Bonchev–Trinajstić information content (AvgIpc) is 2.73. The number of unbranched alkanes of at least 4 members (excludes halogenated alkanes) is 1. The second-order valence-electron chi connectivity index (χ2n) is 5.49. The molecule has 0 aromatic carbocycles. The Morgan fingerprint density at radius 1 is 1.33 bits per heavy atom. The molecule has 0 bridgehead atoms. The smallest absolute Gasteiger partial charge is 0.164 e. The van der Waals surface area contributed by atoms with Crippen molar-refractivity contribution in [1.82, 2.24) is 20.1 Å². The molecule has 0 radical (unpaired) electrons. The molecule has 104 valence electrons. The fourth-order valence-electron chi connectivity index (χ4n) is 1.37. The van der Waals surface area contributed by atoms with Crippen LogP contribution in [0.1, 0.15) is 46.4 Å². The summed E-state index contributed by atoms with van der Waals surface area (Å²) in [5.74, 6) is 0.832. The first kappa shape index (κ1) is 15.1. The molecule has 1 N–H and O–H groups in total. The van der Waals surface area contributed by atoms with E-state index in [1.807, 2.05) is 4.68 Å². The Kier molecular flexibility index (Phi) is 6.29. The molecule has 0 fully saturated rings. The predicted molar refractivity (Wildman–Crippen MR) is 72.3 cm³/mol. The summed E-state index contributed by atoms with van der Waals surface area (Å²) in [4.78, 5) is 4.27. The van der Waals surface area contributed by atoms with Gasteiger partial charge >= 0.3 is 0 Å². The van der Waals surface area contributed by atoms with Gasteiger partial charge in [0.15, 0.2) is 5.82 Å². The number of nitrogens with zero attached hydrogens (tertiary/aromatic N) is 3. The molecule has 18 heavy (non-hydrogen) atoms. The highest BCUT2D eigenvalue weighted by Gasteiger charge is 2.10. The zero-order valence-corrected chi connectivity index (χ0v) is 12.1. The SMILES string of the molecule is CCCCOCCn1cnc(CNC(C)(C)C)n1. The molecule has 0 aliphatic rings. The van der Waals surface area contributed by atoms with Gasteiger partial charge in [0.25, 0.3) is 0 Å². The van der Waals surface area contributed by atoms with E-state index in [1.165, 1.54) is 6.42 Å². The van der Waals surface area contributed by atoms with Gasteiger partial charge in [0.1, 0.15) is 6.33 Å². The van der Waals surface area contributed by atoms with Crippen LogP contribution in [0.4, 0.5) is 0 Å². The summed E-state index contributed by atoms with van der Waals surface area (Å²) in [5, 5.41) is 7.76. The van der Waals surface area contributed by atoms with Gasteiger partial charge in [-0.05, 0) is 27.2 Å². The lowest BCUT2D eigenvalue weighted by Gasteiger charge is -2.19. The highest BCUT2D eigenvalue weighted by Crippen LogP contribution is 2.00. The first-order valence-corrected chi connectivity index (χ1v) is 6.72. The Morgan fingerprint density at radius 3 is 2.78 bits per heavy atom. The van der Waals surface area contributed by atoms with Gasteiger partial charge < -0.3 is 10.1 Å². The molecule has 0 atom stereocenters. The van der Waals surface area contributed by atoms with Crippen LogP contribution in [0.3, 0.4) is 0 Å². The zero-order valence-electron chi connectivity index (χ0n) is 12.1. The van der Waals surface area contributed by atoms with Crippen molar-refractivity contribution in [3.63, 3.8) is 0 Å². The Balaban J connectivity index is 2.22. The van der Waals surface area contributed by atoms with E-state index >= 15 is 0 Å². The van der Waals surface area contributed by atoms with Crippen molar-refractivity contribution < 1.29 is 4.74 Å². The third kappa shape index (κ3) is 6.71. The summed E-state index contributed by atoms with van der Waals surface area (Å²) in [7, 11) is 0. The Hall–Kier alpha value is -0.940. The molecular weight excluding hydrogens is 228 g/mol. The number of rotatable bonds is 8. The van der Waals surface area contributed by atoms with Crippen LogP contribution in [-0.2, 0) is 17.8 Å². The van der Waals surface area contributed by atoms with Crippen LogP contribution in [0, 0.1) is 0 Å². The molecule has 0 aliphatic heterocycles. The van der Waals surface area contributed by atoms with Gasteiger partial charge in [0, 0.05) is 12.1 Å². The normalized spacial score (nSPS) is 12.0. The molecule has 5 heteroatoms. The van der Waals surface area contributed by atoms with Crippen LogP contribution in [0.5, 0.6) is 0 Å². The maximum atomic E-state index is 5.50. The van der Waals surface area contributed by atoms with E-state index < -0.39 is 0 Å². The predicted octanol–water partition coefficient (Wildman–Crippen LogP) is 1.98. The van der Waals surface area contributed by atoms with Gasteiger partial charge in [0.05, 0.1) is 19.7 Å². The van der Waals surface area contributed by atoms with Gasteiger partial charge in [-0.3, -0.25) is 4.68 Å². The lowest BCUT2D eigenvalue weighted by atomic mass is 10.1. The largest absolute Gasteiger partial charge is 0.380 e. The molecule has 1 heterocycles. The van der Waals surface area contributed by atoms with Crippen LogP contribution in [0.2, 0.25) is 0 Å². The molecule has 1 aromatic rings. The second-order valence-corrected chi connectivity index (χ2v) is 5.49. The molecule has 5 nitrogen and oxygen atoms in total. The minimum absolute atomic E-state index is 0.0920. The zero-order chi connectivity index (χ0) is 13.4. The van der Waals surface area contributed by atoms with Crippen LogP contribution >= 0.6 is 0 Å². The first-order chi connectivity index (χ1) is 8.51. The van der Waals surface area contributed by atoms with E-state index in [2.05, 4.69) is 43.1 Å². The van der Waals surface area contributed by atoms with Gasteiger partial charge in [-0.15, -0.1) is 0 Å². The van der Waals surface area contributed by atoms with Crippen molar-refractivity contribution in [2.24, 2.45) is 0 Å². The summed E-state index contributed by atoms with van der Waals surface area (Å²) in [6.07, 6.45) is 4.06. The van der Waals surface area contributed by atoms with Crippen LogP contribution in [0.25, 0.3) is 0 Å². The minimum Gasteiger partial charge on any atom is -0.380 e.